The topological polar surface area (TPSA) is 105 Å². The lowest BCUT2D eigenvalue weighted by Crippen LogP contribution is -2.20. The maximum atomic E-state index is 13.6. The van der Waals surface area contributed by atoms with Crippen LogP contribution in [-0.2, 0) is 9.47 Å². The van der Waals surface area contributed by atoms with Gasteiger partial charge in [-0.25, -0.2) is 44.7 Å². The van der Waals surface area contributed by atoms with E-state index in [2.05, 4.69) is 9.47 Å². The molecule has 14 heteroatoms. The highest BCUT2D eigenvalue weighted by Crippen LogP contribution is 2.27. The predicted molar refractivity (Wildman–Crippen MR) is 81.9 cm³/mol. The molecule has 6 nitrogen and oxygen atoms in total. The number of halogens is 8. The van der Waals surface area contributed by atoms with Gasteiger partial charge in [0.25, 0.3) is 0 Å². The minimum Gasteiger partial charge on any atom is -0.458 e. The van der Waals surface area contributed by atoms with Crippen LogP contribution in [0.3, 0.4) is 0 Å². The highest BCUT2D eigenvalue weighted by Gasteiger charge is 2.31. The van der Waals surface area contributed by atoms with Crippen molar-refractivity contribution >= 4 is 23.3 Å². The first-order chi connectivity index (χ1) is 13.9. The summed E-state index contributed by atoms with van der Waals surface area (Å²) in [6.07, 6.45) is 0. The second kappa shape index (κ2) is 8.42. The SMILES string of the molecule is Nc1c(F)c(F)c(C(=O)OCCOC(=O)c2c(F)c(F)c(N)c(F)c2F)c(F)c1F. The van der Waals surface area contributed by atoms with E-state index in [0.717, 1.165) is 0 Å². The van der Waals surface area contributed by atoms with Crippen LogP contribution in [-0.4, -0.2) is 25.2 Å². The van der Waals surface area contributed by atoms with Crippen molar-refractivity contribution in [3.8, 4) is 0 Å². The molecule has 0 heterocycles. The van der Waals surface area contributed by atoms with Crippen LogP contribution >= 0.6 is 0 Å². The van der Waals surface area contributed by atoms with Gasteiger partial charge in [0.1, 0.15) is 35.7 Å². The first-order valence-corrected chi connectivity index (χ1v) is 7.48. The van der Waals surface area contributed by atoms with E-state index in [9.17, 15) is 44.7 Å². The quantitative estimate of drug-likeness (QED) is 0.242. The Hall–Kier alpha value is -3.58. The van der Waals surface area contributed by atoms with Crippen molar-refractivity contribution in [1.82, 2.24) is 0 Å². The predicted octanol–water partition coefficient (Wildman–Crippen LogP) is 2.98. The number of carbonyl (C=O) groups is 2. The maximum Gasteiger partial charge on any atom is 0.344 e. The van der Waals surface area contributed by atoms with Gasteiger partial charge in [0.05, 0.1) is 0 Å². The Morgan fingerprint density at radius 2 is 0.767 bits per heavy atom. The van der Waals surface area contributed by atoms with Gasteiger partial charge >= 0.3 is 11.9 Å². The average molecular weight is 444 g/mol. The molecule has 162 valence electrons. The van der Waals surface area contributed by atoms with Crippen LogP contribution in [0.25, 0.3) is 0 Å². The fourth-order valence-electron chi connectivity index (χ4n) is 2.07. The minimum absolute atomic E-state index is 1.04. The molecule has 0 aliphatic rings. The molecule has 2 rings (SSSR count). The standard InChI is InChI=1S/C16H8F8N2O4/c17-5-3(6(18)10(22)13(25)9(5)21)15(27)29-1-2-30-16(28)4-7(19)11(23)14(26)12(24)8(4)20/h1-2,25-26H2. The molecule has 2 aromatic rings. The molecule has 0 aromatic heterocycles. The van der Waals surface area contributed by atoms with Gasteiger partial charge in [0.15, 0.2) is 46.5 Å². The highest BCUT2D eigenvalue weighted by atomic mass is 19.2. The van der Waals surface area contributed by atoms with Crippen LogP contribution in [0.5, 0.6) is 0 Å². The monoisotopic (exact) mass is 444 g/mol. The van der Waals surface area contributed by atoms with Gasteiger partial charge in [-0.3, -0.25) is 0 Å². The molecule has 0 saturated heterocycles. The van der Waals surface area contributed by atoms with E-state index >= 15 is 0 Å². The second-order valence-electron chi connectivity index (χ2n) is 5.36. The Labute approximate surface area is 161 Å². The number of anilines is 2. The molecule has 0 saturated carbocycles. The summed E-state index contributed by atoms with van der Waals surface area (Å²) in [6, 6.07) is 0. The summed E-state index contributed by atoms with van der Waals surface area (Å²) >= 11 is 0. The molecular weight excluding hydrogens is 436 g/mol. The molecule has 30 heavy (non-hydrogen) atoms. The molecule has 4 N–H and O–H groups in total. The molecule has 0 aliphatic heterocycles. The van der Waals surface area contributed by atoms with Crippen molar-refractivity contribution in [2.24, 2.45) is 0 Å². The smallest absolute Gasteiger partial charge is 0.344 e. The lowest BCUT2D eigenvalue weighted by Gasteiger charge is -2.11. The van der Waals surface area contributed by atoms with Gasteiger partial charge in [-0.05, 0) is 0 Å². The Bertz CT molecular complexity index is 919. The number of carbonyl (C=O) groups excluding carboxylic acids is 2. The summed E-state index contributed by atoms with van der Waals surface area (Å²) in [5.41, 5.74) is 2.89. The van der Waals surface area contributed by atoms with Crippen molar-refractivity contribution in [1.29, 1.82) is 0 Å². The van der Waals surface area contributed by atoms with Gasteiger partial charge < -0.3 is 20.9 Å². The van der Waals surface area contributed by atoms with Crippen LogP contribution in [0.4, 0.5) is 46.5 Å². The fraction of sp³-hybridized carbons (Fsp3) is 0.125. The number of hydrogen-bond acceptors (Lipinski definition) is 6. The van der Waals surface area contributed by atoms with E-state index in [0.29, 0.717) is 0 Å². The fourth-order valence-corrected chi connectivity index (χ4v) is 2.07. The molecule has 0 bridgehead atoms. The summed E-state index contributed by atoms with van der Waals surface area (Å²) in [5, 5.41) is 0. The molecule has 0 amide bonds. The summed E-state index contributed by atoms with van der Waals surface area (Å²) in [6.45, 7) is -2.08. The van der Waals surface area contributed by atoms with Gasteiger partial charge in [-0.2, -0.15) is 0 Å². The third-order valence-electron chi connectivity index (χ3n) is 3.55. The van der Waals surface area contributed by atoms with Crippen LogP contribution in [0, 0.1) is 46.5 Å². The van der Waals surface area contributed by atoms with E-state index in [1.54, 1.807) is 0 Å². The van der Waals surface area contributed by atoms with E-state index in [4.69, 9.17) is 11.5 Å². The van der Waals surface area contributed by atoms with Crippen LogP contribution in [0.15, 0.2) is 0 Å². The zero-order chi connectivity index (χ0) is 22.9. The number of rotatable bonds is 5. The van der Waals surface area contributed by atoms with Crippen molar-refractivity contribution < 1.29 is 54.2 Å². The van der Waals surface area contributed by atoms with Crippen molar-refractivity contribution in [2.45, 2.75) is 0 Å². The van der Waals surface area contributed by atoms with Crippen molar-refractivity contribution in [3.63, 3.8) is 0 Å². The number of hydrogen-bond donors (Lipinski definition) is 2. The number of ether oxygens (including phenoxy) is 2. The third-order valence-corrected chi connectivity index (χ3v) is 3.55. The largest absolute Gasteiger partial charge is 0.458 e. The zero-order valence-corrected chi connectivity index (χ0v) is 14.2. The van der Waals surface area contributed by atoms with E-state index in [-0.39, 0.29) is 0 Å². The molecule has 0 unspecified atom stereocenters. The minimum atomic E-state index is -2.16. The van der Waals surface area contributed by atoms with Gasteiger partial charge in [0.2, 0.25) is 0 Å². The molecular formula is C16H8F8N2O4. The lowest BCUT2D eigenvalue weighted by molar-refractivity contribution is 0.0251. The molecule has 0 radical (unpaired) electrons. The van der Waals surface area contributed by atoms with E-state index in [1.807, 2.05) is 0 Å². The molecule has 0 spiro atoms. The summed E-state index contributed by atoms with van der Waals surface area (Å²) in [5.74, 6) is -20.8. The molecule has 2 aromatic carbocycles. The second-order valence-corrected chi connectivity index (χ2v) is 5.36. The van der Waals surface area contributed by atoms with Crippen LogP contribution in [0.1, 0.15) is 20.7 Å². The van der Waals surface area contributed by atoms with E-state index < -0.39 is 94.2 Å². The number of esters is 2. The normalized spacial score (nSPS) is 10.8. The Morgan fingerprint density at radius 3 is 1.00 bits per heavy atom. The van der Waals surface area contributed by atoms with Gasteiger partial charge in [0, 0.05) is 0 Å². The van der Waals surface area contributed by atoms with Crippen LogP contribution in [0.2, 0.25) is 0 Å². The number of benzene rings is 2. The van der Waals surface area contributed by atoms with Crippen molar-refractivity contribution in [3.05, 3.63) is 57.7 Å². The first kappa shape index (κ1) is 22.7. The Kier molecular flexibility index (Phi) is 6.38. The molecule has 0 aliphatic carbocycles. The molecule has 0 fully saturated rings. The lowest BCUT2D eigenvalue weighted by atomic mass is 10.1. The van der Waals surface area contributed by atoms with Crippen molar-refractivity contribution in [2.75, 3.05) is 24.7 Å². The zero-order valence-electron chi connectivity index (χ0n) is 14.2. The summed E-state index contributed by atoms with van der Waals surface area (Å²) in [4.78, 5) is 23.2. The number of nitrogen functional groups attached to an aromatic ring is 2. The number of nitrogens with two attached hydrogens (primary N) is 2. The Morgan fingerprint density at radius 1 is 0.533 bits per heavy atom. The average Bonchev–Trinajstić information content (AvgIpc) is 2.71. The highest BCUT2D eigenvalue weighted by molar-refractivity contribution is 5.91. The van der Waals surface area contributed by atoms with Gasteiger partial charge in [-0.1, -0.05) is 0 Å². The van der Waals surface area contributed by atoms with Crippen LogP contribution < -0.4 is 11.5 Å². The van der Waals surface area contributed by atoms with Gasteiger partial charge in [-0.15, -0.1) is 0 Å². The first-order valence-electron chi connectivity index (χ1n) is 7.48. The summed E-state index contributed by atoms with van der Waals surface area (Å²) in [7, 11) is 0. The Balaban J connectivity index is 2.08. The van der Waals surface area contributed by atoms with E-state index in [1.165, 1.54) is 0 Å². The summed E-state index contributed by atoms with van der Waals surface area (Å²) < 4.78 is 116. The molecule has 0 atom stereocenters. The maximum absolute atomic E-state index is 13.6. The third kappa shape index (κ3) is 3.79.